The predicted octanol–water partition coefficient (Wildman–Crippen LogP) is 2.46. The average molecular weight is 295 g/mol. The van der Waals surface area contributed by atoms with Crippen LogP contribution in [-0.4, -0.2) is 12.1 Å². The molecule has 0 amide bonds. The molecule has 0 aromatic rings. The molecule has 2 aliphatic carbocycles. The van der Waals surface area contributed by atoms with E-state index in [9.17, 15) is 4.79 Å². The largest absolute Gasteiger partial charge is 0.456 e. The summed E-state index contributed by atoms with van der Waals surface area (Å²) < 4.78 is 5.05. The SMILES string of the molecule is N#C[C@@H]1CC(=O)O[C@H]1C1=CC=C[CH]1.[CH]1C=CC=C1.[Fe]. The Morgan fingerprint density at radius 2 is 1.89 bits per heavy atom. The molecule has 1 aliphatic heterocycles. The number of hydrogen-bond acceptors (Lipinski definition) is 3. The first-order valence-electron chi connectivity index (χ1n) is 5.78. The van der Waals surface area contributed by atoms with E-state index in [4.69, 9.17) is 10.00 Å². The Hall–Kier alpha value is -1.56. The molecule has 2 radical (unpaired) electrons. The molecule has 2 atom stereocenters. The van der Waals surface area contributed by atoms with Crippen LogP contribution in [0, 0.1) is 30.1 Å². The molecule has 0 aromatic carbocycles. The number of hydrogen-bond donors (Lipinski definition) is 0. The number of nitrogens with zero attached hydrogens (tertiary/aromatic N) is 1. The topological polar surface area (TPSA) is 50.1 Å². The zero-order valence-corrected chi connectivity index (χ0v) is 11.3. The van der Waals surface area contributed by atoms with Crippen molar-refractivity contribution in [1.29, 1.82) is 5.26 Å². The van der Waals surface area contributed by atoms with E-state index in [0.717, 1.165) is 5.57 Å². The predicted molar refractivity (Wildman–Crippen MR) is 67.7 cm³/mol. The molecule has 3 aliphatic rings. The molecular formula is C15H13FeNO2. The molecule has 1 heterocycles. The zero-order valence-electron chi connectivity index (χ0n) is 10.2. The van der Waals surface area contributed by atoms with E-state index in [1.165, 1.54) is 0 Å². The van der Waals surface area contributed by atoms with Gasteiger partial charge in [0, 0.05) is 29.9 Å². The van der Waals surface area contributed by atoms with Gasteiger partial charge in [0.25, 0.3) is 0 Å². The summed E-state index contributed by atoms with van der Waals surface area (Å²) in [5.74, 6) is -0.604. The van der Waals surface area contributed by atoms with Gasteiger partial charge in [-0.25, -0.2) is 0 Å². The van der Waals surface area contributed by atoms with Gasteiger partial charge in [-0.3, -0.25) is 4.79 Å². The second-order valence-corrected chi connectivity index (χ2v) is 4.03. The fraction of sp³-hybridized carbons (Fsp3) is 0.200. The summed E-state index contributed by atoms with van der Waals surface area (Å²) in [6, 6.07) is 2.09. The molecule has 3 nitrogen and oxygen atoms in total. The Morgan fingerprint density at radius 1 is 1.16 bits per heavy atom. The van der Waals surface area contributed by atoms with Crippen molar-refractivity contribution in [3.05, 3.63) is 60.9 Å². The minimum atomic E-state index is -0.354. The van der Waals surface area contributed by atoms with Crippen molar-refractivity contribution in [2.75, 3.05) is 0 Å². The van der Waals surface area contributed by atoms with Crippen molar-refractivity contribution in [2.24, 2.45) is 5.92 Å². The van der Waals surface area contributed by atoms with Crippen LogP contribution >= 0.6 is 0 Å². The maximum absolute atomic E-state index is 10.9. The van der Waals surface area contributed by atoms with Crippen LogP contribution in [0.15, 0.2) is 48.1 Å². The van der Waals surface area contributed by atoms with Crippen LogP contribution in [0.4, 0.5) is 0 Å². The summed E-state index contributed by atoms with van der Waals surface area (Å²) in [6.07, 6.45) is 17.3. The Balaban J connectivity index is 0.000000256. The van der Waals surface area contributed by atoms with Crippen LogP contribution in [0.1, 0.15) is 6.42 Å². The normalized spacial score (nSPS) is 26.1. The first-order valence-corrected chi connectivity index (χ1v) is 5.78. The van der Waals surface area contributed by atoms with Crippen molar-refractivity contribution in [3.63, 3.8) is 0 Å². The van der Waals surface area contributed by atoms with E-state index in [1.807, 2.05) is 55.4 Å². The molecule has 0 aromatic heterocycles. The van der Waals surface area contributed by atoms with Crippen LogP contribution in [0.2, 0.25) is 0 Å². The Morgan fingerprint density at radius 3 is 2.37 bits per heavy atom. The smallest absolute Gasteiger partial charge is 0.307 e. The van der Waals surface area contributed by atoms with Crippen molar-refractivity contribution in [3.8, 4) is 6.07 Å². The van der Waals surface area contributed by atoms with Gasteiger partial charge in [0.2, 0.25) is 0 Å². The third-order valence-corrected chi connectivity index (χ3v) is 2.75. The molecule has 4 heteroatoms. The van der Waals surface area contributed by atoms with Gasteiger partial charge in [-0.2, -0.15) is 5.26 Å². The first-order chi connectivity index (χ1) is 8.81. The van der Waals surface area contributed by atoms with Gasteiger partial charge in [0.15, 0.2) is 0 Å². The summed E-state index contributed by atoms with van der Waals surface area (Å²) in [4.78, 5) is 10.9. The summed E-state index contributed by atoms with van der Waals surface area (Å²) in [6.45, 7) is 0. The molecule has 0 unspecified atom stereocenters. The summed E-state index contributed by atoms with van der Waals surface area (Å²) >= 11 is 0. The van der Waals surface area contributed by atoms with E-state index in [-0.39, 0.29) is 41.5 Å². The number of cyclic esters (lactones) is 1. The van der Waals surface area contributed by atoms with Crippen LogP contribution < -0.4 is 0 Å². The van der Waals surface area contributed by atoms with Gasteiger partial charge in [-0.15, -0.1) is 0 Å². The number of carbonyl (C=O) groups is 1. The maximum Gasteiger partial charge on any atom is 0.307 e. The van der Waals surface area contributed by atoms with Gasteiger partial charge in [-0.1, -0.05) is 42.5 Å². The number of allylic oxidation sites excluding steroid dienone is 7. The van der Waals surface area contributed by atoms with Crippen LogP contribution in [0.25, 0.3) is 0 Å². The van der Waals surface area contributed by atoms with Crippen molar-refractivity contribution in [1.82, 2.24) is 0 Å². The molecule has 3 rings (SSSR count). The molecule has 1 saturated heterocycles. The molecular weight excluding hydrogens is 282 g/mol. The summed E-state index contributed by atoms with van der Waals surface area (Å²) in [5.41, 5.74) is 0.914. The Kier molecular flexibility index (Phi) is 6.35. The molecule has 0 saturated carbocycles. The number of ether oxygens (including phenoxy) is 1. The van der Waals surface area contributed by atoms with E-state index in [1.54, 1.807) is 0 Å². The van der Waals surface area contributed by atoms with Gasteiger partial charge < -0.3 is 4.74 Å². The van der Waals surface area contributed by atoms with Crippen LogP contribution in [0.5, 0.6) is 0 Å². The van der Waals surface area contributed by atoms with Crippen molar-refractivity contribution < 1.29 is 26.6 Å². The quantitative estimate of drug-likeness (QED) is 0.551. The molecule has 98 valence electrons. The Bertz CT molecular complexity index is 473. The fourth-order valence-corrected chi connectivity index (χ4v) is 1.87. The van der Waals surface area contributed by atoms with E-state index >= 15 is 0 Å². The average Bonchev–Trinajstić information content (AvgIpc) is 3.12. The fourth-order valence-electron chi connectivity index (χ4n) is 1.87. The van der Waals surface area contributed by atoms with E-state index < -0.39 is 0 Å². The molecule has 19 heavy (non-hydrogen) atoms. The first kappa shape index (κ1) is 15.5. The molecule has 1 fully saturated rings. The number of rotatable bonds is 1. The second kappa shape index (κ2) is 7.78. The second-order valence-electron chi connectivity index (χ2n) is 4.03. The standard InChI is InChI=1S/C10H8NO2.C5H5.Fe/c11-6-8-5-9(12)13-10(8)7-3-1-2-4-7;1-2-4-5-3-1;/h1-4,8,10H,5H2;1-5H;/t8-,10-;;/m0../s1. The van der Waals surface area contributed by atoms with Gasteiger partial charge >= 0.3 is 5.97 Å². The van der Waals surface area contributed by atoms with Gasteiger partial charge in [0.05, 0.1) is 18.4 Å². The summed E-state index contributed by atoms with van der Waals surface area (Å²) in [7, 11) is 0. The number of esters is 1. The monoisotopic (exact) mass is 295 g/mol. The van der Waals surface area contributed by atoms with E-state index in [0.29, 0.717) is 0 Å². The van der Waals surface area contributed by atoms with Crippen LogP contribution in [0.3, 0.4) is 0 Å². The van der Waals surface area contributed by atoms with Crippen molar-refractivity contribution >= 4 is 5.97 Å². The van der Waals surface area contributed by atoms with Crippen LogP contribution in [-0.2, 0) is 26.6 Å². The maximum atomic E-state index is 10.9. The molecule has 0 N–H and O–H groups in total. The minimum Gasteiger partial charge on any atom is -0.456 e. The number of carbonyl (C=O) groups excluding carboxylic acids is 1. The third kappa shape index (κ3) is 4.24. The zero-order chi connectivity index (χ0) is 12.8. The number of nitriles is 1. The molecule has 0 spiro atoms. The third-order valence-electron chi connectivity index (χ3n) is 2.75. The van der Waals surface area contributed by atoms with E-state index in [2.05, 4.69) is 6.07 Å². The summed E-state index contributed by atoms with van der Waals surface area (Å²) in [5, 5.41) is 8.77. The molecule has 0 bridgehead atoms. The minimum absolute atomic E-state index is 0. The van der Waals surface area contributed by atoms with Gasteiger partial charge in [-0.05, 0) is 5.57 Å². The Labute approximate surface area is 123 Å². The van der Waals surface area contributed by atoms with Gasteiger partial charge in [0.1, 0.15) is 6.10 Å². The van der Waals surface area contributed by atoms with Crippen molar-refractivity contribution in [2.45, 2.75) is 12.5 Å².